The third-order valence-corrected chi connectivity index (χ3v) is 10.0. The van der Waals surface area contributed by atoms with E-state index in [1.54, 1.807) is 0 Å². The second-order valence-corrected chi connectivity index (χ2v) is 13.4. The van der Waals surface area contributed by atoms with Crippen molar-refractivity contribution in [1.29, 1.82) is 0 Å². The van der Waals surface area contributed by atoms with Crippen molar-refractivity contribution in [2.24, 2.45) is 23.7 Å². The molecule has 4 aliphatic heterocycles. The molecule has 194 valence electrons. The van der Waals surface area contributed by atoms with Gasteiger partial charge in [0.2, 0.25) is 11.7 Å². The number of amides is 1. The van der Waals surface area contributed by atoms with Crippen LogP contribution in [0.4, 0.5) is 5.69 Å². The van der Waals surface area contributed by atoms with E-state index >= 15 is 0 Å². The maximum absolute atomic E-state index is 12.7. The summed E-state index contributed by atoms with van der Waals surface area (Å²) < 4.78 is 36.4. The number of nitrogens with one attached hydrogen (secondary N) is 1. The van der Waals surface area contributed by atoms with Gasteiger partial charge in [-0.2, -0.15) is 0 Å². The van der Waals surface area contributed by atoms with Gasteiger partial charge >= 0.3 is 0 Å². The highest BCUT2D eigenvalue weighted by Gasteiger charge is 2.69. The molecule has 4 saturated heterocycles. The number of fused-ring (bicyclic) bond motifs is 2. The number of carbonyl (C=O) groups is 1. The van der Waals surface area contributed by atoms with Crippen LogP contribution in [0.3, 0.4) is 0 Å². The highest BCUT2D eigenvalue weighted by molar-refractivity contribution is 7.90. The minimum Gasteiger partial charge on any atom is -0.346 e. The highest BCUT2D eigenvalue weighted by Crippen LogP contribution is 2.60. The number of benzene rings is 1. The quantitative estimate of drug-likeness (QED) is 0.553. The summed E-state index contributed by atoms with van der Waals surface area (Å²) in [6.45, 7) is 6.36. The summed E-state index contributed by atoms with van der Waals surface area (Å²) in [6.07, 6.45) is 5.06. The van der Waals surface area contributed by atoms with E-state index in [0.717, 1.165) is 31.9 Å². The Labute approximate surface area is 211 Å². The van der Waals surface area contributed by atoms with Gasteiger partial charge in [0.25, 0.3) is 0 Å². The SMILES string of the molecule is C[C@H]1[C@@H](CCC(=O)Nc2ccc(S(C)(=O)=O)cc2Cl)O[C@@H]2O[C@@]3(C)CC[C@H]4[C@H](C)CC[C@@H]1[C@@]24OO3. The molecular formula is C25H34ClNO7S. The minimum atomic E-state index is -3.38. The van der Waals surface area contributed by atoms with Crippen molar-refractivity contribution >= 4 is 33.0 Å². The van der Waals surface area contributed by atoms with Crippen LogP contribution in [0.25, 0.3) is 0 Å². The second-order valence-electron chi connectivity index (χ2n) is 10.9. The molecule has 8 atom stereocenters. The van der Waals surface area contributed by atoms with Gasteiger partial charge in [0.05, 0.1) is 21.7 Å². The van der Waals surface area contributed by atoms with E-state index in [0.29, 0.717) is 23.9 Å². The van der Waals surface area contributed by atoms with Crippen molar-refractivity contribution in [2.45, 2.75) is 88.0 Å². The molecule has 10 heteroatoms. The molecule has 0 aromatic heterocycles. The molecule has 6 rings (SSSR count). The van der Waals surface area contributed by atoms with E-state index in [2.05, 4.69) is 19.2 Å². The molecule has 1 aromatic rings. The van der Waals surface area contributed by atoms with Gasteiger partial charge < -0.3 is 14.8 Å². The third kappa shape index (κ3) is 4.42. The van der Waals surface area contributed by atoms with Gasteiger partial charge in [-0.15, -0.1) is 0 Å². The number of carbonyl (C=O) groups excluding carboxylic acids is 1. The van der Waals surface area contributed by atoms with Gasteiger partial charge in [0, 0.05) is 25.0 Å². The first kappa shape index (κ1) is 25.4. The second kappa shape index (κ2) is 8.96. The van der Waals surface area contributed by atoms with Crippen molar-refractivity contribution in [3.8, 4) is 0 Å². The number of hydrogen-bond donors (Lipinski definition) is 1. The van der Waals surface area contributed by atoms with Crippen molar-refractivity contribution in [1.82, 2.24) is 0 Å². The minimum absolute atomic E-state index is 0.108. The summed E-state index contributed by atoms with van der Waals surface area (Å²) in [5.74, 6) is 0.157. The fraction of sp³-hybridized carbons (Fsp3) is 0.720. The van der Waals surface area contributed by atoms with Crippen LogP contribution < -0.4 is 5.32 Å². The van der Waals surface area contributed by atoms with E-state index in [1.807, 2.05) is 6.92 Å². The van der Waals surface area contributed by atoms with Crippen LogP contribution in [0, 0.1) is 23.7 Å². The van der Waals surface area contributed by atoms with E-state index in [4.69, 9.17) is 30.8 Å². The van der Waals surface area contributed by atoms with Gasteiger partial charge in [0.15, 0.2) is 21.7 Å². The number of anilines is 1. The average Bonchev–Trinajstić information content (AvgIpc) is 3.02. The molecule has 0 unspecified atom stereocenters. The summed E-state index contributed by atoms with van der Waals surface area (Å²) in [4.78, 5) is 24.9. The zero-order chi connectivity index (χ0) is 25.2. The number of halogens is 1. The summed E-state index contributed by atoms with van der Waals surface area (Å²) in [7, 11) is -3.38. The zero-order valence-corrected chi connectivity index (χ0v) is 22.2. The smallest absolute Gasteiger partial charge is 0.224 e. The first-order chi connectivity index (χ1) is 16.4. The Balaban J connectivity index is 1.28. The van der Waals surface area contributed by atoms with Crippen LogP contribution in [-0.2, 0) is 33.9 Å². The molecule has 5 fully saturated rings. The maximum atomic E-state index is 12.7. The van der Waals surface area contributed by atoms with Crippen molar-refractivity contribution < 1.29 is 32.5 Å². The Morgan fingerprint density at radius 1 is 1.17 bits per heavy atom. The standard InChI is InChI=1S/C25H34ClNO7S/c1-14-5-7-18-15(2)21(31-23-25(18)17(14)11-12-24(3,32-23)33-34-25)9-10-22(28)27-20-8-6-16(13-19(20)26)35(4,29)30/h6,8,13-15,17-18,21,23H,5,7,9-12H2,1-4H3,(H,27,28)/t14-,15-,17+,18+,21-,23-,24-,25-/m1/s1. The zero-order valence-electron chi connectivity index (χ0n) is 20.6. The fourth-order valence-corrected chi connectivity index (χ4v) is 7.56. The first-order valence-electron chi connectivity index (χ1n) is 12.4. The number of hydrogen-bond acceptors (Lipinski definition) is 7. The molecule has 1 N–H and O–H groups in total. The molecule has 5 aliphatic rings. The summed E-state index contributed by atoms with van der Waals surface area (Å²) >= 11 is 6.22. The topological polar surface area (TPSA) is 100 Å². The summed E-state index contributed by atoms with van der Waals surface area (Å²) in [5, 5.41) is 2.97. The van der Waals surface area contributed by atoms with E-state index in [-0.39, 0.29) is 40.2 Å². The maximum Gasteiger partial charge on any atom is 0.224 e. The van der Waals surface area contributed by atoms with Crippen molar-refractivity contribution in [2.75, 3.05) is 11.6 Å². The van der Waals surface area contributed by atoms with Gasteiger partial charge in [-0.25, -0.2) is 18.2 Å². The number of rotatable bonds is 5. The van der Waals surface area contributed by atoms with Gasteiger partial charge in [0.1, 0.15) is 0 Å². The lowest BCUT2D eigenvalue weighted by Gasteiger charge is -2.60. The summed E-state index contributed by atoms with van der Waals surface area (Å²) in [6, 6.07) is 4.29. The first-order valence-corrected chi connectivity index (χ1v) is 14.7. The molecule has 1 amide bonds. The predicted molar refractivity (Wildman–Crippen MR) is 129 cm³/mol. The van der Waals surface area contributed by atoms with Crippen LogP contribution in [0.5, 0.6) is 0 Å². The molecule has 1 aliphatic carbocycles. The van der Waals surface area contributed by atoms with Crippen LogP contribution in [0.2, 0.25) is 5.02 Å². The lowest BCUT2D eigenvalue weighted by atomic mass is 9.57. The molecule has 8 nitrogen and oxygen atoms in total. The van der Waals surface area contributed by atoms with Crippen LogP contribution >= 0.6 is 11.6 Å². The van der Waals surface area contributed by atoms with Crippen molar-refractivity contribution in [3.63, 3.8) is 0 Å². The summed E-state index contributed by atoms with van der Waals surface area (Å²) in [5.41, 5.74) is -0.228. The molecular weight excluding hydrogens is 494 g/mol. The van der Waals surface area contributed by atoms with Crippen molar-refractivity contribution in [3.05, 3.63) is 23.2 Å². The normalized spacial score (nSPS) is 40.6. The molecule has 1 spiro atoms. The van der Waals surface area contributed by atoms with Crippen LogP contribution in [0.15, 0.2) is 23.1 Å². The van der Waals surface area contributed by atoms with Gasteiger partial charge in [-0.1, -0.05) is 25.4 Å². The molecule has 1 aromatic carbocycles. The Bertz CT molecular complexity index is 1110. The lowest BCUT2D eigenvalue weighted by molar-refractivity contribution is -0.571. The lowest BCUT2D eigenvalue weighted by Crippen LogP contribution is -2.70. The monoisotopic (exact) mass is 527 g/mol. The Morgan fingerprint density at radius 2 is 1.94 bits per heavy atom. The van der Waals surface area contributed by atoms with Crippen LogP contribution in [-0.4, -0.2) is 44.4 Å². The largest absolute Gasteiger partial charge is 0.346 e. The molecule has 35 heavy (non-hydrogen) atoms. The molecule has 4 heterocycles. The third-order valence-electron chi connectivity index (χ3n) is 8.59. The molecule has 2 bridgehead atoms. The average molecular weight is 528 g/mol. The fourth-order valence-electron chi connectivity index (χ4n) is 6.62. The molecule has 0 radical (unpaired) electrons. The van der Waals surface area contributed by atoms with Crippen LogP contribution in [0.1, 0.15) is 59.3 Å². The Kier molecular flexibility index (Phi) is 6.51. The van der Waals surface area contributed by atoms with E-state index in [9.17, 15) is 13.2 Å². The van der Waals surface area contributed by atoms with E-state index in [1.165, 1.54) is 18.2 Å². The Hall–Kier alpha value is -1.23. The van der Waals surface area contributed by atoms with Gasteiger partial charge in [-0.3, -0.25) is 4.79 Å². The Morgan fingerprint density at radius 3 is 2.66 bits per heavy atom. The number of ether oxygens (including phenoxy) is 2. The molecule has 1 saturated carbocycles. The predicted octanol–water partition coefficient (Wildman–Crippen LogP) is 4.71. The number of sulfone groups is 1. The van der Waals surface area contributed by atoms with Gasteiger partial charge in [-0.05, 0) is 68.6 Å². The highest BCUT2D eigenvalue weighted by atomic mass is 35.5. The van der Waals surface area contributed by atoms with E-state index < -0.39 is 27.5 Å².